The molecule has 0 unspecified atom stereocenters. The number of carbonyl (C=O) groups excluding carboxylic acids is 2. The van der Waals surface area contributed by atoms with E-state index in [-0.39, 0.29) is 36.4 Å². The maximum Gasteiger partial charge on any atom is 0.248 e. The lowest BCUT2D eigenvalue weighted by atomic mass is 10.1. The number of nitrogens with one attached hydrogen (secondary N) is 1. The Balaban J connectivity index is 1.35. The molecule has 0 bridgehead atoms. The van der Waals surface area contributed by atoms with Gasteiger partial charge in [-0.15, -0.1) is 0 Å². The van der Waals surface area contributed by atoms with Crippen molar-refractivity contribution in [1.29, 1.82) is 0 Å². The van der Waals surface area contributed by atoms with Crippen LogP contribution in [0, 0.1) is 5.92 Å². The standard InChI is InChI=1S/C19H29N5O4/c1-22(2)18(25)12-28-9-16-5-15(8-23(16)17-10-27-11-17)24-7-14(6-20-24)21-19(26)13-3-4-13/h6-7,13,15-17H,3-5,8-12H2,1-2H3,(H,21,26)/t15-,16-/m0/s1. The Morgan fingerprint density at radius 2 is 2.11 bits per heavy atom. The molecule has 1 N–H and O–H groups in total. The van der Waals surface area contributed by atoms with Crippen molar-refractivity contribution in [3.63, 3.8) is 0 Å². The van der Waals surface area contributed by atoms with Gasteiger partial charge < -0.3 is 19.7 Å². The summed E-state index contributed by atoms with van der Waals surface area (Å²) in [6.07, 6.45) is 6.50. The lowest BCUT2D eigenvalue weighted by molar-refractivity contribution is -0.134. The van der Waals surface area contributed by atoms with Crippen LogP contribution in [0.4, 0.5) is 5.69 Å². The topological polar surface area (TPSA) is 88.9 Å². The maximum absolute atomic E-state index is 11.9. The second-order valence-corrected chi connectivity index (χ2v) is 8.21. The third kappa shape index (κ3) is 4.37. The van der Waals surface area contributed by atoms with Crippen LogP contribution in [0.5, 0.6) is 0 Å². The van der Waals surface area contributed by atoms with Gasteiger partial charge in [0.15, 0.2) is 0 Å². The maximum atomic E-state index is 11.9. The average Bonchev–Trinajstić information content (AvgIpc) is 3.25. The molecule has 9 nitrogen and oxygen atoms in total. The zero-order valence-electron chi connectivity index (χ0n) is 16.5. The van der Waals surface area contributed by atoms with E-state index in [2.05, 4.69) is 15.3 Å². The second kappa shape index (κ2) is 8.18. The van der Waals surface area contributed by atoms with E-state index >= 15 is 0 Å². The van der Waals surface area contributed by atoms with E-state index in [4.69, 9.17) is 9.47 Å². The van der Waals surface area contributed by atoms with Gasteiger partial charge in [0, 0.05) is 38.8 Å². The molecule has 154 valence electrons. The quantitative estimate of drug-likeness (QED) is 0.688. The Bertz CT molecular complexity index is 713. The number of rotatable bonds is 8. The molecule has 3 aliphatic rings. The molecule has 2 aliphatic heterocycles. The zero-order valence-corrected chi connectivity index (χ0v) is 16.5. The highest BCUT2D eigenvalue weighted by atomic mass is 16.5. The SMILES string of the molecule is CN(C)C(=O)COC[C@@H]1C[C@H](n2cc(NC(=O)C3CC3)cn2)CN1C1COC1. The summed E-state index contributed by atoms with van der Waals surface area (Å²) in [7, 11) is 3.46. The van der Waals surface area contributed by atoms with E-state index in [9.17, 15) is 9.59 Å². The van der Waals surface area contributed by atoms with Gasteiger partial charge in [0.05, 0.1) is 43.8 Å². The van der Waals surface area contributed by atoms with Crippen molar-refractivity contribution in [3.8, 4) is 0 Å². The van der Waals surface area contributed by atoms with Crippen LogP contribution in [0.15, 0.2) is 12.4 Å². The molecule has 2 saturated heterocycles. The Hall–Kier alpha value is -1.97. The first-order valence-corrected chi connectivity index (χ1v) is 9.97. The molecule has 2 amide bonds. The van der Waals surface area contributed by atoms with Gasteiger partial charge in [0.2, 0.25) is 11.8 Å². The number of nitrogens with zero attached hydrogens (tertiary/aromatic N) is 4. The van der Waals surface area contributed by atoms with Gasteiger partial charge >= 0.3 is 0 Å². The molecule has 0 radical (unpaired) electrons. The van der Waals surface area contributed by atoms with E-state index in [1.807, 2.05) is 10.9 Å². The van der Waals surface area contributed by atoms with Gasteiger partial charge in [-0.25, -0.2) is 0 Å². The summed E-state index contributed by atoms with van der Waals surface area (Å²) in [5.74, 6) is 0.239. The monoisotopic (exact) mass is 391 g/mol. The van der Waals surface area contributed by atoms with Gasteiger partial charge in [-0.1, -0.05) is 0 Å². The minimum atomic E-state index is -0.0313. The number of hydrogen-bond donors (Lipinski definition) is 1. The van der Waals surface area contributed by atoms with Crippen LogP contribution in [-0.2, 0) is 19.1 Å². The molecule has 1 aliphatic carbocycles. The average molecular weight is 391 g/mol. The van der Waals surface area contributed by atoms with Crippen LogP contribution in [-0.4, -0.2) is 90.5 Å². The summed E-state index contributed by atoms with van der Waals surface area (Å²) in [6.45, 7) is 2.95. The second-order valence-electron chi connectivity index (χ2n) is 8.21. The zero-order chi connectivity index (χ0) is 19.7. The molecule has 0 spiro atoms. The molecule has 3 fully saturated rings. The van der Waals surface area contributed by atoms with Crippen molar-refractivity contribution >= 4 is 17.5 Å². The number of hydrogen-bond acceptors (Lipinski definition) is 6. The predicted octanol–water partition coefficient (Wildman–Crippen LogP) is 0.351. The summed E-state index contributed by atoms with van der Waals surface area (Å²) < 4.78 is 13.0. The summed E-state index contributed by atoms with van der Waals surface area (Å²) in [5, 5.41) is 7.43. The Morgan fingerprint density at radius 3 is 2.75 bits per heavy atom. The molecular weight excluding hydrogens is 362 g/mol. The third-order valence-corrected chi connectivity index (χ3v) is 5.75. The van der Waals surface area contributed by atoms with Crippen molar-refractivity contribution < 1.29 is 19.1 Å². The number of amides is 2. The first kappa shape index (κ1) is 19.4. The van der Waals surface area contributed by atoms with E-state index < -0.39 is 0 Å². The third-order valence-electron chi connectivity index (χ3n) is 5.75. The van der Waals surface area contributed by atoms with Crippen molar-refractivity contribution in [2.75, 3.05) is 52.4 Å². The first-order valence-electron chi connectivity index (χ1n) is 9.97. The number of likely N-dealkylation sites (tertiary alicyclic amines) is 1. The Labute approximate surface area is 164 Å². The van der Waals surface area contributed by atoms with E-state index in [1.165, 1.54) is 4.90 Å². The number of likely N-dealkylation sites (N-methyl/N-ethyl adjacent to an activating group) is 1. The molecule has 2 atom stereocenters. The van der Waals surface area contributed by atoms with Crippen molar-refractivity contribution in [3.05, 3.63) is 12.4 Å². The molecule has 3 heterocycles. The van der Waals surface area contributed by atoms with E-state index in [1.54, 1.807) is 20.3 Å². The minimum Gasteiger partial charge on any atom is -0.378 e. The highest BCUT2D eigenvalue weighted by molar-refractivity contribution is 5.93. The number of aromatic nitrogens is 2. The Kier molecular flexibility index (Phi) is 5.65. The fourth-order valence-electron chi connectivity index (χ4n) is 3.74. The molecule has 1 saturated carbocycles. The molecule has 28 heavy (non-hydrogen) atoms. The van der Waals surface area contributed by atoms with Gasteiger partial charge in [0.1, 0.15) is 6.61 Å². The van der Waals surface area contributed by atoms with Crippen LogP contribution in [0.25, 0.3) is 0 Å². The summed E-state index contributed by atoms with van der Waals surface area (Å²) in [6, 6.07) is 0.834. The van der Waals surface area contributed by atoms with E-state index in [0.29, 0.717) is 12.6 Å². The summed E-state index contributed by atoms with van der Waals surface area (Å²) in [5.41, 5.74) is 0.756. The van der Waals surface area contributed by atoms with Crippen LogP contribution in [0.3, 0.4) is 0 Å². The van der Waals surface area contributed by atoms with Gasteiger partial charge in [0.25, 0.3) is 0 Å². The summed E-state index contributed by atoms with van der Waals surface area (Å²) >= 11 is 0. The van der Waals surface area contributed by atoms with Crippen molar-refractivity contribution in [2.45, 2.75) is 37.4 Å². The molecule has 1 aromatic rings. The van der Waals surface area contributed by atoms with Crippen LogP contribution < -0.4 is 5.32 Å². The van der Waals surface area contributed by atoms with Crippen LogP contribution in [0.1, 0.15) is 25.3 Å². The fraction of sp³-hybridized carbons (Fsp3) is 0.737. The highest BCUT2D eigenvalue weighted by Crippen LogP contribution is 2.33. The minimum absolute atomic E-state index is 0.0313. The molecule has 4 rings (SSSR count). The lowest BCUT2D eigenvalue weighted by Crippen LogP contribution is -2.52. The number of anilines is 1. The number of ether oxygens (including phenoxy) is 2. The molecule has 1 aromatic heterocycles. The van der Waals surface area contributed by atoms with Gasteiger partial charge in [-0.05, 0) is 19.3 Å². The van der Waals surface area contributed by atoms with Crippen molar-refractivity contribution in [2.24, 2.45) is 5.92 Å². The Morgan fingerprint density at radius 1 is 1.32 bits per heavy atom. The normalized spacial score (nSPS) is 25.5. The largest absolute Gasteiger partial charge is 0.378 e. The smallest absolute Gasteiger partial charge is 0.248 e. The molecule has 9 heteroatoms. The van der Waals surface area contributed by atoms with Gasteiger partial charge in [-0.2, -0.15) is 5.10 Å². The van der Waals surface area contributed by atoms with Crippen LogP contribution >= 0.6 is 0 Å². The molecular formula is C19H29N5O4. The molecule has 0 aromatic carbocycles. The van der Waals surface area contributed by atoms with Gasteiger partial charge in [-0.3, -0.25) is 19.2 Å². The summed E-state index contributed by atoms with van der Waals surface area (Å²) in [4.78, 5) is 27.6. The predicted molar refractivity (Wildman–Crippen MR) is 102 cm³/mol. The fourth-order valence-corrected chi connectivity index (χ4v) is 3.74. The first-order chi connectivity index (χ1) is 13.5. The van der Waals surface area contributed by atoms with Crippen LogP contribution in [0.2, 0.25) is 0 Å². The number of carbonyl (C=O) groups is 2. The van der Waals surface area contributed by atoms with Crippen molar-refractivity contribution in [1.82, 2.24) is 19.6 Å². The highest BCUT2D eigenvalue weighted by Gasteiger charge is 2.40. The van der Waals surface area contributed by atoms with E-state index in [0.717, 1.165) is 44.7 Å². The lowest BCUT2D eigenvalue weighted by Gasteiger charge is -2.38.